The van der Waals surface area contributed by atoms with Crippen molar-refractivity contribution in [3.63, 3.8) is 0 Å². The second kappa shape index (κ2) is 72.6. The van der Waals surface area contributed by atoms with Crippen LogP contribution in [0.4, 0.5) is 0 Å². The number of rotatable bonds is 71. The SMILES string of the molecule is CCCCCC/C=C\CCCCCCCC(=O)OCCCCCCCCCCC/C=C\C/C=C\CCCCCCCCCCCCCCCC(=O)NC(CO)C(O)CCCCCCCCCCCCCCCCCCCCCCCCCC. The van der Waals surface area contributed by atoms with Gasteiger partial charge in [-0.05, 0) is 83.5 Å². The van der Waals surface area contributed by atoms with Gasteiger partial charge in [0.25, 0.3) is 0 Å². The van der Waals surface area contributed by atoms with Crippen molar-refractivity contribution in [3.8, 4) is 0 Å². The zero-order chi connectivity index (χ0) is 59.9. The van der Waals surface area contributed by atoms with Crippen molar-refractivity contribution in [2.75, 3.05) is 13.2 Å². The van der Waals surface area contributed by atoms with Crippen molar-refractivity contribution in [2.24, 2.45) is 0 Å². The molecule has 0 bridgehead atoms. The molecule has 0 aliphatic carbocycles. The van der Waals surface area contributed by atoms with Gasteiger partial charge in [-0.15, -0.1) is 0 Å². The Morgan fingerprint density at radius 2 is 0.602 bits per heavy atom. The predicted molar refractivity (Wildman–Crippen MR) is 366 cm³/mol. The van der Waals surface area contributed by atoms with Crippen LogP contribution in [-0.2, 0) is 14.3 Å². The van der Waals surface area contributed by atoms with E-state index in [1.165, 1.54) is 334 Å². The van der Waals surface area contributed by atoms with Crippen LogP contribution in [0.15, 0.2) is 36.5 Å². The van der Waals surface area contributed by atoms with Crippen LogP contribution in [-0.4, -0.2) is 47.4 Å². The van der Waals surface area contributed by atoms with Crippen LogP contribution >= 0.6 is 0 Å². The third-order valence-corrected chi connectivity index (χ3v) is 17.7. The second-order valence-electron chi connectivity index (χ2n) is 26.0. The van der Waals surface area contributed by atoms with E-state index in [1.807, 2.05) is 0 Å². The summed E-state index contributed by atoms with van der Waals surface area (Å²) in [5, 5.41) is 23.5. The summed E-state index contributed by atoms with van der Waals surface area (Å²) in [5.74, 6) is -0.0278. The van der Waals surface area contributed by atoms with Gasteiger partial charge in [0.05, 0.1) is 25.4 Å². The average molecular weight is 1170 g/mol. The predicted octanol–water partition coefficient (Wildman–Crippen LogP) is 24.7. The van der Waals surface area contributed by atoms with E-state index in [0.717, 1.165) is 51.4 Å². The van der Waals surface area contributed by atoms with Crippen molar-refractivity contribution in [3.05, 3.63) is 36.5 Å². The van der Waals surface area contributed by atoms with E-state index in [2.05, 4.69) is 55.6 Å². The third-order valence-electron chi connectivity index (χ3n) is 17.7. The largest absolute Gasteiger partial charge is 0.466 e. The fraction of sp³-hybridized carbons (Fsp3) is 0.896. The molecule has 3 N–H and O–H groups in total. The fourth-order valence-corrected chi connectivity index (χ4v) is 11.9. The van der Waals surface area contributed by atoms with E-state index in [9.17, 15) is 19.8 Å². The van der Waals surface area contributed by atoms with Crippen LogP contribution in [0.25, 0.3) is 0 Å². The van der Waals surface area contributed by atoms with E-state index in [1.54, 1.807) is 0 Å². The van der Waals surface area contributed by atoms with Crippen LogP contribution in [0.1, 0.15) is 418 Å². The van der Waals surface area contributed by atoms with E-state index in [-0.39, 0.29) is 18.5 Å². The van der Waals surface area contributed by atoms with E-state index in [4.69, 9.17) is 4.74 Å². The Hall–Kier alpha value is -1.92. The first-order valence-corrected chi connectivity index (χ1v) is 37.7. The number of allylic oxidation sites excluding steroid dienone is 6. The molecule has 83 heavy (non-hydrogen) atoms. The number of aliphatic hydroxyl groups is 2. The van der Waals surface area contributed by atoms with Crippen molar-refractivity contribution in [1.29, 1.82) is 0 Å². The summed E-state index contributed by atoms with van der Waals surface area (Å²) in [4.78, 5) is 24.6. The normalized spacial score (nSPS) is 12.7. The smallest absolute Gasteiger partial charge is 0.305 e. The van der Waals surface area contributed by atoms with Crippen LogP contribution in [0.2, 0.25) is 0 Å². The zero-order valence-corrected chi connectivity index (χ0v) is 56.2. The molecule has 6 heteroatoms. The topological polar surface area (TPSA) is 95.9 Å². The second-order valence-corrected chi connectivity index (χ2v) is 26.0. The van der Waals surface area contributed by atoms with Crippen LogP contribution in [0, 0.1) is 0 Å². The highest BCUT2D eigenvalue weighted by Gasteiger charge is 2.20. The molecular formula is C77H147NO5. The van der Waals surface area contributed by atoms with Crippen LogP contribution < -0.4 is 5.32 Å². The molecule has 0 saturated carbocycles. The number of esters is 1. The van der Waals surface area contributed by atoms with Crippen LogP contribution in [0.5, 0.6) is 0 Å². The molecule has 0 aromatic heterocycles. The Bertz CT molecular complexity index is 1340. The number of hydrogen-bond donors (Lipinski definition) is 3. The number of carbonyl (C=O) groups is 2. The number of ether oxygens (including phenoxy) is 1. The number of amides is 1. The third kappa shape index (κ3) is 69.1. The van der Waals surface area contributed by atoms with Gasteiger partial charge >= 0.3 is 5.97 Å². The van der Waals surface area contributed by atoms with E-state index in [0.29, 0.717) is 25.9 Å². The van der Waals surface area contributed by atoms with Gasteiger partial charge in [-0.25, -0.2) is 0 Å². The molecule has 0 aromatic rings. The first-order chi connectivity index (χ1) is 41.0. The summed E-state index contributed by atoms with van der Waals surface area (Å²) in [6.45, 7) is 4.97. The quantitative estimate of drug-likeness (QED) is 0.0320. The summed E-state index contributed by atoms with van der Waals surface area (Å²) in [5.41, 5.74) is 0. The summed E-state index contributed by atoms with van der Waals surface area (Å²) in [7, 11) is 0. The summed E-state index contributed by atoms with van der Waals surface area (Å²) < 4.78 is 5.48. The molecule has 0 aromatic carbocycles. The lowest BCUT2D eigenvalue weighted by molar-refractivity contribution is -0.143. The minimum atomic E-state index is -0.667. The lowest BCUT2D eigenvalue weighted by Crippen LogP contribution is -2.45. The average Bonchev–Trinajstić information content (AvgIpc) is 3.48. The summed E-state index contributed by atoms with van der Waals surface area (Å²) in [6.07, 6.45) is 93.6. The van der Waals surface area contributed by atoms with Gasteiger partial charge < -0.3 is 20.3 Å². The molecule has 2 unspecified atom stereocenters. The van der Waals surface area contributed by atoms with Gasteiger partial charge in [-0.2, -0.15) is 0 Å². The highest BCUT2D eigenvalue weighted by atomic mass is 16.5. The standard InChI is InChI=1S/C77H147NO5/c1-3-5-7-9-11-13-15-17-18-19-20-21-22-30-33-36-39-42-46-49-53-57-61-65-69-75(80)74(73-79)78-76(81)70-66-62-58-54-50-47-43-40-37-34-31-28-26-24-23-25-27-29-32-35-38-41-44-48-52-56-60-64-68-72-83-77(82)71-67-63-59-55-51-45-16-14-12-10-8-6-4-2/h14,16,23,25,29,32,74-75,79-80H,3-13,15,17-22,24,26-28,30-31,33-73H2,1-2H3,(H,78,81)/b16-14-,25-23-,32-29-. The van der Waals surface area contributed by atoms with Crippen molar-refractivity contribution >= 4 is 11.9 Å². The zero-order valence-electron chi connectivity index (χ0n) is 56.2. The van der Waals surface area contributed by atoms with Gasteiger partial charge in [0.15, 0.2) is 0 Å². The molecular weight excluding hydrogens is 1020 g/mol. The Morgan fingerprint density at radius 3 is 0.940 bits per heavy atom. The number of nitrogens with one attached hydrogen (secondary N) is 1. The molecule has 0 rings (SSSR count). The molecule has 1 amide bonds. The van der Waals surface area contributed by atoms with Gasteiger partial charge in [-0.3, -0.25) is 9.59 Å². The molecule has 0 saturated heterocycles. The number of aliphatic hydroxyl groups excluding tert-OH is 2. The monoisotopic (exact) mass is 1170 g/mol. The molecule has 490 valence electrons. The highest BCUT2D eigenvalue weighted by Crippen LogP contribution is 2.19. The number of unbranched alkanes of at least 4 members (excludes halogenated alkanes) is 54. The molecule has 0 heterocycles. The summed E-state index contributed by atoms with van der Waals surface area (Å²) in [6, 6.07) is -0.544. The van der Waals surface area contributed by atoms with E-state index < -0.39 is 12.1 Å². The molecule has 0 spiro atoms. The molecule has 6 nitrogen and oxygen atoms in total. The first kappa shape index (κ1) is 81.1. The molecule has 2 atom stereocenters. The minimum Gasteiger partial charge on any atom is -0.466 e. The Labute approximate surface area is 519 Å². The molecule has 0 fully saturated rings. The maximum absolute atomic E-state index is 12.6. The maximum Gasteiger partial charge on any atom is 0.305 e. The van der Waals surface area contributed by atoms with E-state index >= 15 is 0 Å². The summed E-state index contributed by atoms with van der Waals surface area (Å²) >= 11 is 0. The highest BCUT2D eigenvalue weighted by molar-refractivity contribution is 5.76. The maximum atomic E-state index is 12.6. The fourth-order valence-electron chi connectivity index (χ4n) is 11.9. The lowest BCUT2D eigenvalue weighted by atomic mass is 10.0. The minimum absolute atomic E-state index is 0.00335. The van der Waals surface area contributed by atoms with Gasteiger partial charge in [0.2, 0.25) is 5.91 Å². The van der Waals surface area contributed by atoms with Crippen molar-refractivity contribution < 1.29 is 24.5 Å². The molecule has 0 aliphatic rings. The number of carbonyl (C=O) groups excluding carboxylic acids is 2. The van der Waals surface area contributed by atoms with Gasteiger partial charge in [-0.1, -0.05) is 359 Å². The van der Waals surface area contributed by atoms with Gasteiger partial charge in [0.1, 0.15) is 0 Å². The Kier molecular flexibility index (Phi) is 70.9. The number of hydrogen-bond acceptors (Lipinski definition) is 5. The Morgan fingerprint density at radius 1 is 0.337 bits per heavy atom. The van der Waals surface area contributed by atoms with Crippen LogP contribution in [0.3, 0.4) is 0 Å². The van der Waals surface area contributed by atoms with Crippen molar-refractivity contribution in [1.82, 2.24) is 5.32 Å². The van der Waals surface area contributed by atoms with Gasteiger partial charge in [0, 0.05) is 12.8 Å². The Balaban J connectivity index is 3.41. The lowest BCUT2D eigenvalue weighted by Gasteiger charge is -2.22. The first-order valence-electron chi connectivity index (χ1n) is 37.7. The molecule has 0 radical (unpaired) electrons. The molecule has 0 aliphatic heterocycles. The van der Waals surface area contributed by atoms with Crippen molar-refractivity contribution in [2.45, 2.75) is 431 Å².